The Hall–Kier alpha value is -0.590. The molecule has 18 heavy (non-hydrogen) atoms. The number of hydrogen-bond donors (Lipinski definition) is 2. The van der Waals surface area contributed by atoms with E-state index in [1.54, 1.807) is 6.92 Å². The Labute approximate surface area is 113 Å². The van der Waals surface area contributed by atoms with Crippen molar-refractivity contribution in [3.05, 3.63) is 12.0 Å². The van der Waals surface area contributed by atoms with E-state index in [0.717, 1.165) is 12.8 Å². The van der Waals surface area contributed by atoms with Crippen molar-refractivity contribution in [2.75, 3.05) is 12.4 Å². The normalized spacial score (nSPS) is 12.9. The third kappa shape index (κ3) is 4.59. The summed E-state index contributed by atoms with van der Waals surface area (Å²) in [5.41, 5.74) is -0.114. The lowest BCUT2D eigenvalue weighted by Gasteiger charge is -2.24. The fraction of sp³-hybridized carbons (Fsp3) is 0.727. The predicted molar refractivity (Wildman–Crippen MR) is 72.2 cm³/mol. The van der Waals surface area contributed by atoms with E-state index in [2.05, 4.69) is 14.7 Å². The van der Waals surface area contributed by atoms with Gasteiger partial charge in [-0.3, -0.25) is 0 Å². The first-order valence-electron chi connectivity index (χ1n) is 5.84. The van der Waals surface area contributed by atoms with E-state index >= 15 is 0 Å². The van der Waals surface area contributed by atoms with Crippen molar-refractivity contribution in [2.45, 2.75) is 38.6 Å². The van der Waals surface area contributed by atoms with Crippen LogP contribution in [0.3, 0.4) is 0 Å². The quantitative estimate of drug-likeness (QED) is 0.756. The molecule has 0 saturated heterocycles. The van der Waals surface area contributed by atoms with E-state index in [1.165, 1.54) is 6.20 Å². The molecule has 0 unspecified atom stereocenters. The molecule has 0 radical (unpaired) electrons. The molecule has 104 valence electrons. The van der Waals surface area contributed by atoms with Gasteiger partial charge in [0.15, 0.2) is 5.03 Å². The standard InChI is InChI=1S/C11H20ClN3O2S/c1-9-13-7-10(15-9)18(16,17)14-8-11(2,3)5-4-6-12/h7,14H,4-6,8H2,1-3H3,(H,13,15). The zero-order valence-electron chi connectivity index (χ0n) is 11.0. The van der Waals surface area contributed by atoms with Crippen LogP contribution in [0.5, 0.6) is 0 Å². The van der Waals surface area contributed by atoms with Gasteiger partial charge in [-0.15, -0.1) is 11.6 Å². The summed E-state index contributed by atoms with van der Waals surface area (Å²) >= 11 is 5.64. The molecule has 7 heteroatoms. The molecule has 0 bridgehead atoms. The smallest absolute Gasteiger partial charge is 0.257 e. The van der Waals surface area contributed by atoms with Gasteiger partial charge in [0, 0.05) is 12.4 Å². The molecular weight excluding hydrogens is 274 g/mol. The fourth-order valence-electron chi connectivity index (χ4n) is 1.54. The number of aromatic nitrogens is 2. The molecule has 0 spiro atoms. The number of sulfonamides is 1. The van der Waals surface area contributed by atoms with Crippen LogP contribution in [-0.2, 0) is 10.0 Å². The van der Waals surface area contributed by atoms with Gasteiger partial charge in [-0.2, -0.15) is 0 Å². The maximum atomic E-state index is 12.0. The second kappa shape index (κ2) is 6.04. The van der Waals surface area contributed by atoms with E-state index in [1.807, 2.05) is 13.8 Å². The molecule has 0 amide bonds. The topological polar surface area (TPSA) is 74.8 Å². The lowest BCUT2D eigenvalue weighted by molar-refractivity contribution is 0.331. The number of nitrogens with zero attached hydrogens (tertiary/aromatic N) is 1. The van der Waals surface area contributed by atoms with Gasteiger partial charge >= 0.3 is 0 Å². The molecule has 0 atom stereocenters. The molecule has 1 aromatic heterocycles. The number of H-pyrrole nitrogens is 1. The van der Waals surface area contributed by atoms with Crippen molar-refractivity contribution in [1.29, 1.82) is 0 Å². The number of aromatic amines is 1. The predicted octanol–water partition coefficient (Wildman–Crippen LogP) is 2.04. The molecule has 0 saturated carbocycles. The lowest BCUT2D eigenvalue weighted by atomic mass is 9.88. The number of aryl methyl sites for hydroxylation is 1. The largest absolute Gasteiger partial charge is 0.332 e. The van der Waals surface area contributed by atoms with Crippen LogP contribution < -0.4 is 4.72 Å². The van der Waals surface area contributed by atoms with E-state index < -0.39 is 10.0 Å². The van der Waals surface area contributed by atoms with Crippen LogP contribution in [0.25, 0.3) is 0 Å². The Morgan fingerprint density at radius 1 is 1.50 bits per heavy atom. The Kier molecular flexibility index (Phi) is 5.19. The Bertz CT molecular complexity index is 482. The summed E-state index contributed by atoms with van der Waals surface area (Å²) in [4.78, 5) is 6.60. The number of rotatable bonds is 7. The molecule has 1 rings (SSSR count). The summed E-state index contributed by atoms with van der Waals surface area (Å²) < 4.78 is 26.5. The molecule has 5 nitrogen and oxygen atoms in total. The number of hydrogen-bond acceptors (Lipinski definition) is 3. The van der Waals surface area contributed by atoms with E-state index in [0.29, 0.717) is 18.2 Å². The Morgan fingerprint density at radius 3 is 2.67 bits per heavy atom. The zero-order valence-corrected chi connectivity index (χ0v) is 12.5. The van der Waals surface area contributed by atoms with Crippen molar-refractivity contribution in [3.63, 3.8) is 0 Å². The number of halogens is 1. The van der Waals surface area contributed by atoms with E-state index in [4.69, 9.17) is 11.6 Å². The molecule has 0 aliphatic carbocycles. The zero-order chi connectivity index (χ0) is 13.8. The Balaban J connectivity index is 2.62. The van der Waals surface area contributed by atoms with Crippen LogP contribution in [0.2, 0.25) is 0 Å². The average Bonchev–Trinajstić information content (AvgIpc) is 2.72. The minimum absolute atomic E-state index is 0.105. The minimum atomic E-state index is -3.50. The maximum Gasteiger partial charge on any atom is 0.257 e. The van der Waals surface area contributed by atoms with Crippen LogP contribution in [0.1, 0.15) is 32.5 Å². The van der Waals surface area contributed by atoms with Crippen LogP contribution in [-0.4, -0.2) is 30.8 Å². The highest BCUT2D eigenvalue weighted by atomic mass is 35.5. The van der Waals surface area contributed by atoms with E-state index in [9.17, 15) is 8.42 Å². The number of alkyl halides is 1. The first-order chi connectivity index (χ1) is 8.27. The molecule has 0 aromatic carbocycles. The molecule has 0 fully saturated rings. The van der Waals surface area contributed by atoms with E-state index in [-0.39, 0.29) is 10.4 Å². The number of nitrogens with one attached hydrogen (secondary N) is 2. The third-order valence-electron chi connectivity index (χ3n) is 2.70. The molecular formula is C11H20ClN3O2S. The van der Waals surface area contributed by atoms with Crippen molar-refractivity contribution < 1.29 is 8.42 Å². The highest BCUT2D eigenvalue weighted by Crippen LogP contribution is 2.22. The second-order valence-corrected chi connectivity index (χ2v) is 7.23. The summed E-state index contributed by atoms with van der Waals surface area (Å²) in [5, 5.41) is 0.105. The van der Waals surface area contributed by atoms with Crippen molar-refractivity contribution >= 4 is 21.6 Å². The summed E-state index contributed by atoms with van der Waals surface area (Å²) in [7, 11) is -3.50. The van der Waals surface area contributed by atoms with Crippen LogP contribution in [0, 0.1) is 12.3 Å². The van der Waals surface area contributed by atoms with Gasteiger partial charge in [-0.1, -0.05) is 13.8 Å². The van der Waals surface area contributed by atoms with Gasteiger partial charge in [0.1, 0.15) is 5.82 Å². The summed E-state index contributed by atoms with van der Waals surface area (Å²) in [5.74, 6) is 1.17. The highest BCUT2D eigenvalue weighted by Gasteiger charge is 2.23. The minimum Gasteiger partial charge on any atom is -0.332 e. The van der Waals surface area contributed by atoms with Gasteiger partial charge in [-0.05, 0) is 25.2 Å². The summed E-state index contributed by atoms with van der Waals surface area (Å²) in [6.07, 6.45) is 3.07. The molecule has 1 heterocycles. The van der Waals surface area contributed by atoms with Crippen LogP contribution >= 0.6 is 11.6 Å². The molecule has 0 aliphatic heterocycles. The highest BCUT2D eigenvalue weighted by molar-refractivity contribution is 7.89. The maximum absolute atomic E-state index is 12.0. The van der Waals surface area contributed by atoms with Gasteiger partial charge < -0.3 is 4.98 Å². The Morgan fingerprint density at radius 2 is 2.17 bits per heavy atom. The first-order valence-corrected chi connectivity index (χ1v) is 7.86. The first kappa shape index (κ1) is 15.5. The van der Waals surface area contributed by atoms with Crippen LogP contribution in [0.4, 0.5) is 0 Å². The SMILES string of the molecule is Cc1ncc(S(=O)(=O)NCC(C)(C)CCCCl)[nH]1. The molecule has 2 N–H and O–H groups in total. The monoisotopic (exact) mass is 293 g/mol. The third-order valence-corrected chi connectivity index (χ3v) is 4.28. The number of imidazole rings is 1. The van der Waals surface area contributed by atoms with Crippen molar-refractivity contribution in [3.8, 4) is 0 Å². The summed E-state index contributed by atoms with van der Waals surface area (Å²) in [6.45, 7) is 6.12. The van der Waals surface area contributed by atoms with Gasteiger partial charge in [-0.25, -0.2) is 18.1 Å². The van der Waals surface area contributed by atoms with Gasteiger partial charge in [0.05, 0.1) is 6.20 Å². The van der Waals surface area contributed by atoms with Crippen molar-refractivity contribution in [1.82, 2.24) is 14.7 Å². The molecule has 0 aliphatic rings. The van der Waals surface area contributed by atoms with Crippen LogP contribution in [0.15, 0.2) is 11.2 Å². The van der Waals surface area contributed by atoms with Gasteiger partial charge in [0.25, 0.3) is 10.0 Å². The average molecular weight is 294 g/mol. The molecule has 1 aromatic rings. The van der Waals surface area contributed by atoms with Gasteiger partial charge in [0.2, 0.25) is 0 Å². The van der Waals surface area contributed by atoms with Crippen molar-refractivity contribution in [2.24, 2.45) is 5.41 Å². The summed E-state index contributed by atoms with van der Waals surface area (Å²) in [6, 6.07) is 0. The fourth-order valence-corrected chi connectivity index (χ4v) is 2.88. The second-order valence-electron chi connectivity index (χ2n) is 5.11. The lowest BCUT2D eigenvalue weighted by Crippen LogP contribution is -2.34.